The van der Waals surface area contributed by atoms with E-state index in [4.69, 9.17) is 11.6 Å². The summed E-state index contributed by atoms with van der Waals surface area (Å²) < 4.78 is 0. The van der Waals surface area contributed by atoms with Gasteiger partial charge in [0.15, 0.2) is 0 Å². The number of nitrogens with one attached hydrogen (secondary N) is 2. The number of fused-ring (bicyclic) bond motifs is 1. The van der Waals surface area contributed by atoms with E-state index in [1.165, 1.54) is 21.4 Å². The van der Waals surface area contributed by atoms with Gasteiger partial charge in [0.25, 0.3) is 5.91 Å². The van der Waals surface area contributed by atoms with Crippen molar-refractivity contribution in [3.05, 3.63) is 70.9 Å². The molecule has 0 spiro atoms. The number of piperazine rings is 1. The summed E-state index contributed by atoms with van der Waals surface area (Å²) in [5.41, 5.74) is 3.21. The summed E-state index contributed by atoms with van der Waals surface area (Å²) in [6.45, 7) is 4.48. The SMILES string of the molecule is O=C(c1cccc(Cl)c1)N1CC[NH+](Cc2c[nH]c3ccccc23)CC1. The first-order valence-corrected chi connectivity index (χ1v) is 9.02. The second kappa shape index (κ2) is 6.90. The zero-order chi connectivity index (χ0) is 17.2. The number of carbonyl (C=O) groups is 1. The van der Waals surface area contributed by atoms with E-state index in [0.29, 0.717) is 10.6 Å². The van der Waals surface area contributed by atoms with E-state index in [-0.39, 0.29) is 5.91 Å². The molecule has 2 heterocycles. The molecule has 3 aromatic rings. The third kappa shape index (κ3) is 3.41. The normalized spacial score (nSPS) is 15.6. The summed E-state index contributed by atoms with van der Waals surface area (Å²) >= 11 is 6.00. The van der Waals surface area contributed by atoms with E-state index in [1.54, 1.807) is 12.1 Å². The molecule has 1 fully saturated rings. The molecule has 0 unspecified atom stereocenters. The van der Waals surface area contributed by atoms with Crippen molar-refractivity contribution < 1.29 is 9.69 Å². The van der Waals surface area contributed by atoms with Crippen LogP contribution in [0, 0.1) is 0 Å². The molecule has 5 heteroatoms. The largest absolute Gasteiger partial charge is 0.361 e. The molecule has 1 aromatic heterocycles. The van der Waals surface area contributed by atoms with Crippen molar-refractivity contribution in [2.24, 2.45) is 0 Å². The maximum atomic E-state index is 12.6. The second-order valence-electron chi connectivity index (χ2n) is 6.59. The number of H-pyrrole nitrogens is 1. The van der Waals surface area contributed by atoms with Gasteiger partial charge in [0.1, 0.15) is 6.54 Å². The number of hydrogen-bond acceptors (Lipinski definition) is 1. The third-order valence-electron chi connectivity index (χ3n) is 4.94. The molecule has 4 nitrogen and oxygen atoms in total. The number of rotatable bonds is 3. The number of halogens is 1. The summed E-state index contributed by atoms with van der Waals surface area (Å²) in [5, 5.41) is 1.90. The smallest absolute Gasteiger partial charge is 0.254 e. The average molecular weight is 355 g/mol. The predicted octanol–water partition coefficient (Wildman–Crippen LogP) is 2.36. The van der Waals surface area contributed by atoms with Crippen molar-refractivity contribution in [1.29, 1.82) is 0 Å². The van der Waals surface area contributed by atoms with Crippen molar-refractivity contribution >= 4 is 28.4 Å². The Bertz CT molecular complexity index is 897. The summed E-state index contributed by atoms with van der Waals surface area (Å²) in [4.78, 5) is 19.4. The average Bonchev–Trinajstić information content (AvgIpc) is 3.05. The Morgan fingerprint density at radius 1 is 1.12 bits per heavy atom. The Kier molecular flexibility index (Phi) is 4.47. The van der Waals surface area contributed by atoms with Crippen LogP contribution in [-0.4, -0.2) is 42.0 Å². The van der Waals surface area contributed by atoms with Gasteiger partial charge in [-0.3, -0.25) is 4.79 Å². The fraction of sp³-hybridized carbons (Fsp3) is 0.250. The first kappa shape index (κ1) is 16.2. The van der Waals surface area contributed by atoms with Crippen LogP contribution in [0.25, 0.3) is 10.9 Å². The standard InChI is InChI=1S/C20H20ClN3O/c21-17-5-3-4-15(12-17)20(25)24-10-8-23(9-11-24)14-16-13-22-19-7-2-1-6-18(16)19/h1-7,12-13,22H,8-11,14H2/p+1. The second-order valence-corrected chi connectivity index (χ2v) is 7.03. The molecule has 1 amide bonds. The van der Waals surface area contributed by atoms with Crippen LogP contribution in [0.5, 0.6) is 0 Å². The molecule has 1 saturated heterocycles. The zero-order valence-corrected chi connectivity index (χ0v) is 14.7. The Hall–Kier alpha value is -2.30. The highest BCUT2D eigenvalue weighted by Gasteiger charge is 2.25. The van der Waals surface area contributed by atoms with E-state index in [0.717, 1.165) is 32.7 Å². The summed E-state index contributed by atoms with van der Waals surface area (Å²) in [5.74, 6) is 0.0774. The highest BCUT2D eigenvalue weighted by atomic mass is 35.5. The minimum absolute atomic E-state index is 0.0774. The van der Waals surface area contributed by atoms with E-state index in [2.05, 4.69) is 35.4 Å². The van der Waals surface area contributed by atoms with E-state index >= 15 is 0 Å². The molecule has 2 N–H and O–H groups in total. The molecule has 128 valence electrons. The van der Waals surface area contributed by atoms with Gasteiger partial charge in [-0.15, -0.1) is 0 Å². The lowest BCUT2D eigenvalue weighted by atomic mass is 10.1. The van der Waals surface area contributed by atoms with Gasteiger partial charge in [-0.2, -0.15) is 0 Å². The van der Waals surface area contributed by atoms with Gasteiger partial charge in [0.2, 0.25) is 0 Å². The number of aromatic nitrogens is 1. The fourth-order valence-corrected chi connectivity index (χ4v) is 3.74. The molecule has 0 aliphatic carbocycles. The number of aromatic amines is 1. The van der Waals surface area contributed by atoms with Gasteiger partial charge >= 0.3 is 0 Å². The third-order valence-corrected chi connectivity index (χ3v) is 5.18. The zero-order valence-electron chi connectivity index (χ0n) is 14.0. The van der Waals surface area contributed by atoms with Crippen LogP contribution in [0.15, 0.2) is 54.7 Å². The van der Waals surface area contributed by atoms with Crippen LogP contribution in [-0.2, 0) is 6.54 Å². The Morgan fingerprint density at radius 3 is 2.72 bits per heavy atom. The minimum Gasteiger partial charge on any atom is -0.361 e. The van der Waals surface area contributed by atoms with Gasteiger partial charge in [-0.1, -0.05) is 35.9 Å². The molecule has 0 saturated carbocycles. The van der Waals surface area contributed by atoms with Crippen molar-refractivity contribution in [2.45, 2.75) is 6.54 Å². The first-order valence-electron chi connectivity index (χ1n) is 8.64. The topological polar surface area (TPSA) is 40.5 Å². The van der Waals surface area contributed by atoms with Crippen LogP contribution in [0.3, 0.4) is 0 Å². The summed E-state index contributed by atoms with van der Waals surface area (Å²) in [7, 11) is 0. The number of nitrogens with zero attached hydrogens (tertiary/aromatic N) is 1. The molecule has 2 aromatic carbocycles. The number of para-hydroxylation sites is 1. The first-order chi connectivity index (χ1) is 12.2. The van der Waals surface area contributed by atoms with E-state index in [1.807, 2.05) is 17.0 Å². The predicted molar refractivity (Wildman–Crippen MR) is 100 cm³/mol. The quantitative estimate of drug-likeness (QED) is 0.745. The summed E-state index contributed by atoms with van der Waals surface area (Å²) in [6, 6.07) is 15.6. The lowest BCUT2D eigenvalue weighted by Crippen LogP contribution is -3.13. The maximum Gasteiger partial charge on any atom is 0.254 e. The van der Waals surface area contributed by atoms with Gasteiger partial charge in [-0.25, -0.2) is 0 Å². The van der Waals surface area contributed by atoms with Gasteiger partial charge in [0.05, 0.1) is 26.2 Å². The molecule has 25 heavy (non-hydrogen) atoms. The van der Waals surface area contributed by atoms with Gasteiger partial charge in [-0.05, 0) is 24.3 Å². The lowest BCUT2D eigenvalue weighted by molar-refractivity contribution is -0.917. The van der Waals surface area contributed by atoms with Gasteiger partial charge in [0, 0.05) is 33.2 Å². The van der Waals surface area contributed by atoms with Crippen molar-refractivity contribution in [2.75, 3.05) is 26.2 Å². The highest BCUT2D eigenvalue weighted by Crippen LogP contribution is 2.17. The number of amides is 1. The van der Waals surface area contributed by atoms with Crippen LogP contribution in [0.4, 0.5) is 0 Å². The summed E-state index contributed by atoms with van der Waals surface area (Å²) in [6.07, 6.45) is 2.11. The van der Waals surface area contributed by atoms with Crippen LogP contribution in [0.1, 0.15) is 15.9 Å². The van der Waals surface area contributed by atoms with Gasteiger partial charge < -0.3 is 14.8 Å². The monoisotopic (exact) mass is 354 g/mol. The molecule has 4 rings (SSSR count). The van der Waals surface area contributed by atoms with Crippen molar-refractivity contribution in [3.63, 3.8) is 0 Å². The Balaban J connectivity index is 1.39. The van der Waals surface area contributed by atoms with Crippen LogP contribution < -0.4 is 4.90 Å². The fourth-order valence-electron chi connectivity index (χ4n) is 3.55. The number of carbonyl (C=O) groups excluding carboxylic acids is 1. The van der Waals surface area contributed by atoms with E-state index < -0.39 is 0 Å². The molecule has 0 bridgehead atoms. The molecule has 1 aliphatic heterocycles. The van der Waals surface area contributed by atoms with Crippen LogP contribution >= 0.6 is 11.6 Å². The molecule has 1 aliphatic rings. The van der Waals surface area contributed by atoms with Crippen LogP contribution in [0.2, 0.25) is 5.02 Å². The maximum absolute atomic E-state index is 12.6. The number of hydrogen-bond donors (Lipinski definition) is 2. The van der Waals surface area contributed by atoms with Crippen molar-refractivity contribution in [3.8, 4) is 0 Å². The number of benzene rings is 2. The minimum atomic E-state index is 0.0774. The molecule has 0 atom stereocenters. The number of quaternary nitrogens is 1. The highest BCUT2D eigenvalue weighted by molar-refractivity contribution is 6.30. The molecular weight excluding hydrogens is 334 g/mol. The molecule has 0 radical (unpaired) electrons. The Labute approximate surface area is 152 Å². The lowest BCUT2D eigenvalue weighted by Gasteiger charge is -2.32. The van der Waals surface area contributed by atoms with Crippen molar-refractivity contribution in [1.82, 2.24) is 9.88 Å². The van der Waals surface area contributed by atoms with E-state index in [9.17, 15) is 4.79 Å². The Morgan fingerprint density at radius 2 is 1.92 bits per heavy atom. The molecular formula is C20H21ClN3O+.